The maximum atomic E-state index is 12.1. The third kappa shape index (κ3) is 33.2. The molecule has 1 saturated heterocycles. The minimum atomic E-state index is -0.770. The van der Waals surface area contributed by atoms with Gasteiger partial charge >= 0.3 is 41.1 Å². The van der Waals surface area contributed by atoms with Crippen LogP contribution in [-0.2, 0) is 35.8 Å². The summed E-state index contributed by atoms with van der Waals surface area (Å²) in [5, 5.41) is 6.66. The fraction of sp³-hybridized carbons (Fsp3) is 0.250. The monoisotopic (exact) mass is 1640 g/mol. The van der Waals surface area contributed by atoms with Crippen LogP contribution in [0.1, 0.15) is 118 Å². The Morgan fingerprint density at radius 1 is 0.448 bits per heavy atom. The van der Waals surface area contributed by atoms with Gasteiger partial charge in [0.25, 0.3) is 0 Å². The van der Waals surface area contributed by atoms with Crippen LogP contribution in [-0.4, -0.2) is 117 Å². The van der Waals surface area contributed by atoms with E-state index in [1.165, 1.54) is 74.2 Å². The number of benzene rings is 4. The van der Waals surface area contributed by atoms with Crippen molar-refractivity contribution < 1.29 is 54.6 Å². The van der Waals surface area contributed by atoms with E-state index in [0.717, 1.165) is 128 Å². The molecule has 12 heterocycles. The Labute approximate surface area is 727 Å². The summed E-state index contributed by atoms with van der Waals surface area (Å²) in [5.41, 5.74) is 23.8. The fourth-order valence-electron chi connectivity index (χ4n) is 12.5. The number of ether oxygens (including phenoxy) is 2. The van der Waals surface area contributed by atoms with E-state index in [1.807, 2.05) is 142 Å². The standard InChI is InChI=1S/C19H20N2O2.C18H20N2.C18H17N2.C11H16N2.C11H14N2.C11H10N2.C8H7ClO2.B.BrH.Na.H/c1-15-7-8-18(20-13-15)17-9-11-21(12-10-17)19(22)23-14-16-5-3-2-4-6-16;2*1-15-7-8-18(19-13-15)17-9-11-20(12-10-17)14-16-5-3-2-4-6-16;3*1-9-2-3-11(13-8-9)10-4-6-12-7-5-10;9-8(10)11-6-7-4-2-1-3-5-7;;;;/h2-9,13H,10-12,14H2,1H3;2-9,13H,10-12,14H2,1H3;2-13H,14H2,1H3;2-3,8,10,12H,4-7H2,1H3;2-4,8,12H,5-7H2,1H3;2-8H,1H3;1-5H,6H2;;1H;;/q;;+1;;;;;;;+1;-1. The summed E-state index contributed by atoms with van der Waals surface area (Å²) in [6.45, 7) is 22.5. The molecule has 1 fully saturated rings. The van der Waals surface area contributed by atoms with E-state index in [4.69, 9.17) is 16.3 Å². The Bertz CT molecular complexity index is 4880. The average molecular weight is 1640 g/mol. The zero-order valence-electron chi connectivity index (χ0n) is 68.9. The summed E-state index contributed by atoms with van der Waals surface area (Å²) in [6.07, 6.45) is 31.0. The van der Waals surface area contributed by atoms with E-state index < -0.39 is 5.43 Å². The second-order valence-corrected chi connectivity index (χ2v) is 28.5. The van der Waals surface area contributed by atoms with E-state index in [-0.39, 0.29) is 69.1 Å². The second kappa shape index (κ2) is 51.7. The summed E-state index contributed by atoms with van der Waals surface area (Å²) >= 11 is 4.97. The van der Waals surface area contributed by atoms with E-state index in [9.17, 15) is 9.59 Å². The number of amides is 1. The molecule has 0 unspecified atom stereocenters. The molecule has 0 spiro atoms. The van der Waals surface area contributed by atoms with Crippen molar-refractivity contribution in [3.05, 3.63) is 377 Å². The summed E-state index contributed by atoms with van der Waals surface area (Å²) in [4.78, 5) is 57.1. The SMILES string of the molecule is Br.Cc1ccc(-c2cc[n+](Cc3ccccc3)cc2)nc1.Cc1ccc(-c2ccncc2)nc1.Cc1ccc(C2=CCN(C(=O)OCc3ccccc3)CC2)nc1.Cc1ccc(C2=CCN(Cc3ccccc3)CC2)nc1.Cc1ccc(C2=CCNCC2)nc1.Cc1ccc(C2CCNCC2)nc1.O=C(Cl)OCc1ccccc1.[B].[H-].[Na+]. The van der Waals surface area contributed by atoms with Crippen molar-refractivity contribution >= 4 is 65.2 Å². The number of nitrogens with zero attached hydrogens (tertiary/aromatic N) is 10. The number of pyridine rings is 8. The van der Waals surface area contributed by atoms with Gasteiger partial charge in [-0.05, 0) is 209 Å². The van der Waals surface area contributed by atoms with Gasteiger partial charge in [0, 0.05) is 149 Å². The molecule has 0 saturated carbocycles. The molecule has 4 aliphatic heterocycles. The van der Waals surface area contributed by atoms with Gasteiger partial charge in [0.1, 0.15) is 13.2 Å². The van der Waals surface area contributed by atoms with Gasteiger partial charge in [0.05, 0.1) is 28.5 Å². The average Bonchev–Trinajstić information content (AvgIpc) is 0.849. The molecule has 20 heteroatoms. The molecule has 8 aromatic heterocycles. The van der Waals surface area contributed by atoms with Crippen LogP contribution in [0, 0.1) is 41.5 Å². The Hall–Kier alpha value is -10.2. The summed E-state index contributed by atoms with van der Waals surface area (Å²) in [7, 11) is 0. The molecule has 0 bridgehead atoms. The van der Waals surface area contributed by atoms with Gasteiger partial charge in [0.2, 0.25) is 0 Å². The summed E-state index contributed by atoms with van der Waals surface area (Å²) in [6, 6.07) is 73.5. The molecule has 0 aliphatic carbocycles. The van der Waals surface area contributed by atoms with Crippen molar-refractivity contribution in [3.8, 4) is 22.5 Å². The second-order valence-electron chi connectivity index (χ2n) is 28.2. The van der Waals surface area contributed by atoms with Crippen LogP contribution in [0.25, 0.3) is 39.2 Å². The van der Waals surface area contributed by atoms with E-state index in [0.29, 0.717) is 25.6 Å². The number of hydrogen-bond acceptors (Lipinski definition) is 14. The largest absolute Gasteiger partial charge is 1.00 e. The number of piperidine rings is 1. The molecule has 116 heavy (non-hydrogen) atoms. The third-order valence-corrected chi connectivity index (χ3v) is 19.2. The van der Waals surface area contributed by atoms with Crippen LogP contribution in [0.3, 0.4) is 0 Å². The number of nitrogens with one attached hydrogen (secondary N) is 2. The molecule has 16 rings (SSSR count). The molecule has 591 valence electrons. The molecule has 0 atom stereocenters. The minimum absolute atomic E-state index is 0. The maximum Gasteiger partial charge on any atom is 1.00 e. The molecular formula is C96H106BBrClN12NaO4+. The zero-order valence-corrected chi connectivity index (χ0v) is 72.3. The zero-order chi connectivity index (χ0) is 79.0. The number of carbonyl (C=O) groups excluding carboxylic acids is 2. The molecule has 2 N–H and O–H groups in total. The van der Waals surface area contributed by atoms with Crippen molar-refractivity contribution in [2.75, 3.05) is 52.4 Å². The number of aryl methyl sites for hydroxylation is 6. The first-order valence-electron chi connectivity index (χ1n) is 38.8. The quantitative estimate of drug-likeness (QED) is 0.0597. The number of aromatic nitrogens is 8. The predicted octanol–water partition coefficient (Wildman–Crippen LogP) is 16.8. The summed E-state index contributed by atoms with van der Waals surface area (Å²) in [5.74, 6) is 0.682. The summed E-state index contributed by atoms with van der Waals surface area (Å²) < 4.78 is 12.1. The topological polar surface area (TPSA) is 177 Å². The first kappa shape index (κ1) is 92.9. The number of hydrogen-bond donors (Lipinski definition) is 2. The van der Waals surface area contributed by atoms with E-state index in [1.54, 1.807) is 17.3 Å². The van der Waals surface area contributed by atoms with E-state index in [2.05, 4.69) is 245 Å². The van der Waals surface area contributed by atoms with Gasteiger partial charge in [0.15, 0.2) is 18.9 Å². The van der Waals surface area contributed by atoms with E-state index >= 15 is 0 Å². The molecular weight excluding hydrogens is 1530 g/mol. The maximum absolute atomic E-state index is 12.1. The molecule has 4 aromatic carbocycles. The van der Waals surface area contributed by atoms with Crippen molar-refractivity contribution in [1.82, 2.24) is 55.3 Å². The van der Waals surface area contributed by atoms with Crippen LogP contribution in [0.5, 0.6) is 0 Å². The molecule has 12 aromatic rings. The first-order valence-corrected chi connectivity index (χ1v) is 39.2. The van der Waals surface area contributed by atoms with Crippen LogP contribution in [0.2, 0.25) is 0 Å². The number of carbonyl (C=O) groups is 2. The molecule has 4 aliphatic rings. The van der Waals surface area contributed by atoms with Crippen LogP contribution in [0.15, 0.2) is 299 Å². The van der Waals surface area contributed by atoms with Crippen molar-refractivity contribution in [3.63, 3.8) is 0 Å². The minimum Gasteiger partial charge on any atom is -1.00 e. The Kier molecular flexibility index (Phi) is 41.4. The van der Waals surface area contributed by atoms with Crippen molar-refractivity contribution in [1.29, 1.82) is 0 Å². The molecule has 1 amide bonds. The van der Waals surface area contributed by atoms with Crippen molar-refractivity contribution in [2.24, 2.45) is 0 Å². The van der Waals surface area contributed by atoms with Gasteiger partial charge in [-0.2, -0.15) is 0 Å². The van der Waals surface area contributed by atoms with Crippen LogP contribution in [0.4, 0.5) is 9.59 Å². The Morgan fingerprint density at radius 3 is 1.27 bits per heavy atom. The van der Waals surface area contributed by atoms with Gasteiger partial charge in [-0.1, -0.05) is 176 Å². The molecule has 16 nitrogen and oxygen atoms in total. The van der Waals surface area contributed by atoms with Crippen LogP contribution >= 0.6 is 28.6 Å². The predicted molar refractivity (Wildman–Crippen MR) is 473 cm³/mol. The normalized spacial score (nSPS) is 13.4. The van der Waals surface area contributed by atoms with Gasteiger partial charge in [-0.3, -0.25) is 39.8 Å². The van der Waals surface area contributed by atoms with Crippen LogP contribution < -0.4 is 44.8 Å². The number of rotatable bonds is 14. The third-order valence-electron chi connectivity index (χ3n) is 19.1. The van der Waals surface area contributed by atoms with Crippen molar-refractivity contribution in [2.45, 2.75) is 106 Å². The van der Waals surface area contributed by atoms with Gasteiger partial charge < -0.3 is 26.4 Å². The first-order chi connectivity index (χ1) is 55.2. The Balaban J connectivity index is 0.000000214. The van der Waals surface area contributed by atoms with Gasteiger partial charge in [-0.25, -0.2) is 14.2 Å². The molecule has 3 radical (unpaired) electrons. The Morgan fingerprint density at radius 2 is 0.862 bits per heavy atom. The number of halogens is 2. The van der Waals surface area contributed by atoms with Gasteiger partial charge in [-0.15, -0.1) is 17.0 Å². The fourth-order valence-corrected chi connectivity index (χ4v) is 12.6. The smallest absolute Gasteiger partial charge is 1.00 e.